The quantitative estimate of drug-likeness (QED) is 0.0560. The molecule has 2 atom stereocenters. The Hall–Kier alpha value is -5.16. The lowest BCUT2D eigenvalue weighted by atomic mass is 10.0. The summed E-state index contributed by atoms with van der Waals surface area (Å²) < 4.78 is 5.41. The zero-order valence-electron chi connectivity index (χ0n) is 28.3. The number of urea groups is 1. The molecule has 0 aromatic heterocycles. The van der Waals surface area contributed by atoms with Crippen molar-refractivity contribution in [3.63, 3.8) is 0 Å². The Kier molecular flexibility index (Phi) is 17.8. The van der Waals surface area contributed by atoms with Crippen molar-refractivity contribution in [2.24, 2.45) is 11.7 Å². The normalized spacial score (nSPS) is 13.5. The minimum Gasteiger partial charge on any atom is -0.478 e. The van der Waals surface area contributed by atoms with Crippen LogP contribution >= 0.6 is 0 Å². The fraction of sp³-hybridized carbons (Fsp3) is 0.515. The molecule has 0 spiro atoms. The Bertz CT molecular complexity index is 1380. The molecule has 1 aliphatic rings. The van der Waals surface area contributed by atoms with Crippen molar-refractivity contribution in [1.82, 2.24) is 26.2 Å². The van der Waals surface area contributed by atoms with E-state index in [0.717, 1.165) is 17.1 Å². The molecule has 274 valence electrons. The Morgan fingerprint density at radius 2 is 1.52 bits per heavy atom. The number of anilines is 1. The average Bonchev–Trinajstić information content (AvgIpc) is 3.38. The molecule has 2 rings (SSSR count). The summed E-state index contributed by atoms with van der Waals surface area (Å²) in [5, 5.41) is 22.8. The van der Waals surface area contributed by atoms with E-state index in [-0.39, 0.29) is 81.7 Å². The van der Waals surface area contributed by atoms with Crippen molar-refractivity contribution in [2.45, 2.75) is 64.5 Å². The van der Waals surface area contributed by atoms with Gasteiger partial charge in [0.05, 0.1) is 24.8 Å². The lowest BCUT2D eigenvalue weighted by Crippen LogP contribution is -2.53. The van der Waals surface area contributed by atoms with E-state index in [9.17, 15) is 38.4 Å². The summed E-state index contributed by atoms with van der Waals surface area (Å²) in [6.07, 6.45) is 3.69. The van der Waals surface area contributed by atoms with Crippen LogP contribution in [-0.4, -0.2) is 109 Å². The lowest BCUT2D eigenvalue weighted by molar-refractivity contribution is -0.137. The zero-order chi connectivity index (χ0) is 37.1. The molecule has 0 fully saturated rings. The number of carbonyl (C=O) groups excluding carboxylic acids is 7. The largest absolute Gasteiger partial charge is 0.478 e. The number of carboxylic acid groups (broad SMARTS) is 1. The third-order valence-corrected chi connectivity index (χ3v) is 7.50. The summed E-state index contributed by atoms with van der Waals surface area (Å²) in [6.45, 7) is 4.78. The number of hydrogen-bond donors (Lipinski definition) is 7. The Morgan fingerprint density at radius 3 is 2.14 bits per heavy atom. The van der Waals surface area contributed by atoms with Crippen molar-refractivity contribution in [1.29, 1.82) is 0 Å². The molecule has 1 aromatic carbocycles. The highest BCUT2D eigenvalue weighted by Crippen LogP contribution is 2.12. The van der Waals surface area contributed by atoms with E-state index >= 15 is 0 Å². The van der Waals surface area contributed by atoms with Crippen LogP contribution < -0.4 is 32.3 Å². The van der Waals surface area contributed by atoms with Crippen LogP contribution in [0.1, 0.15) is 62.7 Å². The van der Waals surface area contributed by atoms with Gasteiger partial charge in [-0.3, -0.25) is 33.7 Å². The second-order valence-electron chi connectivity index (χ2n) is 11.8. The first kappa shape index (κ1) is 41.0. The summed E-state index contributed by atoms with van der Waals surface area (Å²) in [5.41, 5.74) is 5.50. The summed E-state index contributed by atoms with van der Waals surface area (Å²) >= 11 is 0. The zero-order valence-corrected chi connectivity index (χ0v) is 28.3. The molecular weight excluding hydrogens is 654 g/mol. The van der Waals surface area contributed by atoms with E-state index in [0.29, 0.717) is 25.1 Å². The number of Topliss-reactive ketones (excluding diaryl/α,β-unsaturated/α-hetero) is 1. The molecule has 0 bridgehead atoms. The average molecular weight is 702 g/mol. The van der Waals surface area contributed by atoms with Gasteiger partial charge in [-0.25, -0.2) is 9.59 Å². The first-order valence-corrected chi connectivity index (χ1v) is 16.4. The van der Waals surface area contributed by atoms with Crippen molar-refractivity contribution >= 4 is 53.0 Å². The van der Waals surface area contributed by atoms with E-state index < -0.39 is 47.7 Å². The van der Waals surface area contributed by atoms with E-state index in [1.165, 1.54) is 24.3 Å². The number of ether oxygens (including phenoxy) is 1. The summed E-state index contributed by atoms with van der Waals surface area (Å²) in [7, 11) is 0. The molecule has 17 nitrogen and oxygen atoms in total. The van der Waals surface area contributed by atoms with Crippen LogP contribution in [0.4, 0.5) is 10.5 Å². The van der Waals surface area contributed by atoms with Crippen LogP contribution in [0.2, 0.25) is 0 Å². The van der Waals surface area contributed by atoms with Crippen LogP contribution in [-0.2, 0) is 33.5 Å². The van der Waals surface area contributed by atoms with Gasteiger partial charge in [-0.05, 0) is 56.0 Å². The predicted molar refractivity (Wildman–Crippen MR) is 181 cm³/mol. The molecule has 8 N–H and O–H groups in total. The number of hydrogen-bond acceptors (Lipinski definition) is 10. The van der Waals surface area contributed by atoms with Gasteiger partial charge in [0.25, 0.3) is 11.8 Å². The molecule has 0 radical (unpaired) electrons. The third kappa shape index (κ3) is 15.4. The van der Waals surface area contributed by atoms with Crippen LogP contribution in [0.25, 0.3) is 0 Å². The maximum Gasteiger partial charge on any atom is 0.335 e. The summed E-state index contributed by atoms with van der Waals surface area (Å²) in [6, 6.07) is 3.20. The number of nitrogens with zero attached hydrogens (tertiary/aromatic N) is 1. The number of carbonyl (C=O) groups is 8. The number of primary amides is 1. The first-order valence-electron chi connectivity index (χ1n) is 16.4. The van der Waals surface area contributed by atoms with Gasteiger partial charge in [0.2, 0.25) is 17.7 Å². The van der Waals surface area contributed by atoms with E-state index in [1.54, 1.807) is 0 Å². The number of benzene rings is 1. The molecule has 17 heteroatoms. The number of amides is 7. The van der Waals surface area contributed by atoms with Gasteiger partial charge in [0.1, 0.15) is 11.8 Å². The SMILES string of the molecule is CC(C)[C@H](NCCCC(=O)CCOCCNC(=O)CCN1C(=O)C=CC1=O)C(=O)N[C@@H](CCCNC(N)=O)C(=O)Nc1ccc(C(=O)O)cc1. The van der Waals surface area contributed by atoms with Gasteiger partial charge >= 0.3 is 12.0 Å². The number of aromatic carboxylic acids is 1. The second-order valence-corrected chi connectivity index (χ2v) is 11.8. The number of rotatable bonds is 24. The number of imide groups is 1. The topological polar surface area (TPSA) is 255 Å². The molecule has 1 heterocycles. The summed E-state index contributed by atoms with van der Waals surface area (Å²) in [4.78, 5) is 96.8. The van der Waals surface area contributed by atoms with Gasteiger partial charge in [-0.2, -0.15) is 0 Å². The van der Waals surface area contributed by atoms with E-state index in [2.05, 4.69) is 26.6 Å². The van der Waals surface area contributed by atoms with Crippen molar-refractivity contribution in [2.75, 3.05) is 44.7 Å². The predicted octanol–water partition coefficient (Wildman–Crippen LogP) is 0.0581. The molecule has 0 saturated carbocycles. The van der Waals surface area contributed by atoms with Gasteiger partial charge < -0.3 is 42.2 Å². The van der Waals surface area contributed by atoms with Gasteiger partial charge in [0.15, 0.2) is 0 Å². The smallest absolute Gasteiger partial charge is 0.335 e. The maximum atomic E-state index is 13.3. The number of ketones is 1. The molecule has 50 heavy (non-hydrogen) atoms. The monoisotopic (exact) mass is 701 g/mol. The number of nitrogens with two attached hydrogens (primary N) is 1. The Balaban J connectivity index is 1.72. The second kappa shape index (κ2) is 21.7. The molecule has 0 aliphatic carbocycles. The fourth-order valence-electron chi connectivity index (χ4n) is 4.78. The molecule has 7 amide bonds. The highest BCUT2D eigenvalue weighted by atomic mass is 16.5. The molecule has 0 saturated heterocycles. The van der Waals surface area contributed by atoms with E-state index in [4.69, 9.17) is 15.6 Å². The maximum absolute atomic E-state index is 13.3. The number of carboxylic acids is 1. The minimum atomic E-state index is -1.11. The minimum absolute atomic E-state index is 0.00721. The van der Waals surface area contributed by atoms with Crippen LogP contribution in [0.5, 0.6) is 0 Å². The molecule has 1 aliphatic heterocycles. The molecule has 0 unspecified atom stereocenters. The standard InChI is InChI=1S/C33H47N7O10/c1-21(2)29(31(46)39-25(6-4-16-37-33(34)49)30(45)38-23-9-7-22(8-10-23)32(47)48)36-15-3-5-24(41)14-19-50-20-17-35-26(42)13-18-40-27(43)11-12-28(40)44/h7-12,21,25,29,36H,3-6,13-20H2,1-2H3,(H,35,42)(H,38,45)(H,39,46)(H,47,48)(H3,34,37,49)/t25-,29-/m0/s1. The van der Waals surface area contributed by atoms with Crippen LogP contribution in [0.15, 0.2) is 36.4 Å². The van der Waals surface area contributed by atoms with Gasteiger partial charge in [-0.15, -0.1) is 0 Å². The third-order valence-electron chi connectivity index (χ3n) is 7.50. The highest BCUT2D eigenvalue weighted by Gasteiger charge is 2.27. The molecular formula is C33H47N7O10. The van der Waals surface area contributed by atoms with Crippen molar-refractivity contribution < 1.29 is 48.2 Å². The summed E-state index contributed by atoms with van der Waals surface area (Å²) in [5.74, 6) is -3.48. The Morgan fingerprint density at radius 1 is 0.840 bits per heavy atom. The Labute approximate surface area is 290 Å². The van der Waals surface area contributed by atoms with Crippen molar-refractivity contribution in [3.05, 3.63) is 42.0 Å². The van der Waals surface area contributed by atoms with Gasteiger partial charge in [0, 0.05) is 56.7 Å². The van der Waals surface area contributed by atoms with Gasteiger partial charge in [-0.1, -0.05) is 13.8 Å². The number of nitrogens with one attached hydrogen (secondary N) is 5. The lowest BCUT2D eigenvalue weighted by Gasteiger charge is -2.25. The van der Waals surface area contributed by atoms with Crippen LogP contribution in [0.3, 0.4) is 0 Å². The highest BCUT2D eigenvalue weighted by molar-refractivity contribution is 6.13. The van der Waals surface area contributed by atoms with Crippen LogP contribution in [0, 0.1) is 5.92 Å². The fourth-order valence-corrected chi connectivity index (χ4v) is 4.78. The van der Waals surface area contributed by atoms with Crippen molar-refractivity contribution in [3.8, 4) is 0 Å². The first-order chi connectivity index (χ1) is 23.8. The molecule has 1 aromatic rings. The van der Waals surface area contributed by atoms with E-state index in [1.807, 2.05) is 13.8 Å².